The summed E-state index contributed by atoms with van der Waals surface area (Å²) < 4.78 is 0. The van der Waals surface area contributed by atoms with Crippen LogP contribution in [0.4, 0.5) is 4.79 Å². The van der Waals surface area contributed by atoms with Crippen LogP contribution < -0.4 is 5.32 Å². The number of amides is 3. The van der Waals surface area contributed by atoms with Crippen molar-refractivity contribution in [2.45, 2.75) is 51.7 Å². The summed E-state index contributed by atoms with van der Waals surface area (Å²) in [5, 5.41) is 13.9. The number of β-amino-alcohol motifs (C(OH)–C–C–N with tert-alkyl or cyclic N) is 1. The van der Waals surface area contributed by atoms with E-state index in [1.54, 1.807) is 24.3 Å². The number of aliphatic hydroxyl groups is 1. The lowest BCUT2D eigenvalue weighted by Gasteiger charge is -2.43. The van der Waals surface area contributed by atoms with Crippen LogP contribution in [-0.4, -0.2) is 34.0 Å². The van der Waals surface area contributed by atoms with Crippen molar-refractivity contribution in [3.63, 3.8) is 0 Å². The highest BCUT2D eigenvalue weighted by Gasteiger charge is 2.56. The third-order valence-electron chi connectivity index (χ3n) is 5.23. The third-order valence-corrected chi connectivity index (χ3v) is 5.49. The number of imide groups is 1. The predicted molar refractivity (Wildman–Crippen MR) is 96.2 cm³/mol. The molecule has 1 aromatic rings. The fourth-order valence-electron chi connectivity index (χ4n) is 4.64. The van der Waals surface area contributed by atoms with E-state index in [0.29, 0.717) is 29.3 Å². The maximum atomic E-state index is 13.1. The first-order valence-electron chi connectivity index (χ1n) is 8.70. The molecule has 1 saturated carbocycles. The van der Waals surface area contributed by atoms with Gasteiger partial charge < -0.3 is 10.4 Å². The summed E-state index contributed by atoms with van der Waals surface area (Å²) in [4.78, 5) is 26.7. The molecule has 1 spiro atoms. The molecular weight excluding hydrogens is 340 g/mol. The van der Waals surface area contributed by atoms with Crippen LogP contribution in [0.3, 0.4) is 0 Å². The second-order valence-electron chi connectivity index (χ2n) is 8.35. The molecule has 136 valence electrons. The van der Waals surface area contributed by atoms with Crippen LogP contribution >= 0.6 is 11.6 Å². The zero-order valence-electron chi connectivity index (χ0n) is 14.9. The van der Waals surface area contributed by atoms with Crippen molar-refractivity contribution >= 4 is 23.5 Å². The van der Waals surface area contributed by atoms with E-state index in [2.05, 4.69) is 26.1 Å². The SMILES string of the molecule is C[C@@H]1CC(C)(C)C[C@]2(C1)NC(=O)N(C[C@H](O)c1ccc(Cl)cc1)C2=O. The Kier molecular flexibility index (Phi) is 4.58. The second kappa shape index (κ2) is 6.29. The van der Waals surface area contributed by atoms with Crippen molar-refractivity contribution in [1.29, 1.82) is 0 Å². The van der Waals surface area contributed by atoms with E-state index >= 15 is 0 Å². The number of nitrogens with one attached hydrogen (secondary N) is 1. The van der Waals surface area contributed by atoms with Crippen molar-refractivity contribution in [3.05, 3.63) is 34.9 Å². The monoisotopic (exact) mass is 364 g/mol. The number of halogens is 1. The molecule has 6 heteroatoms. The summed E-state index contributed by atoms with van der Waals surface area (Å²) in [6.45, 7) is 6.33. The van der Waals surface area contributed by atoms with Gasteiger partial charge in [0, 0.05) is 5.02 Å². The van der Waals surface area contributed by atoms with Crippen LogP contribution in [0.2, 0.25) is 5.02 Å². The van der Waals surface area contributed by atoms with E-state index in [-0.39, 0.29) is 17.9 Å². The summed E-state index contributed by atoms with van der Waals surface area (Å²) in [6.07, 6.45) is 1.37. The normalized spacial score (nSPS) is 29.8. The number of urea groups is 1. The van der Waals surface area contributed by atoms with E-state index in [4.69, 9.17) is 11.6 Å². The molecule has 1 aliphatic carbocycles. The summed E-state index contributed by atoms with van der Waals surface area (Å²) >= 11 is 5.86. The maximum Gasteiger partial charge on any atom is 0.325 e. The molecule has 2 aliphatic rings. The number of hydrogen-bond acceptors (Lipinski definition) is 3. The minimum absolute atomic E-state index is 0.00852. The van der Waals surface area contributed by atoms with Gasteiger partial charge in [0.1, 0.15) is 5.54 Å². The maximum absolute atomic E-state index is 13.1. The van der Waals surface area contributed by atoms with Gasteiger partial charge in [0.25, 0.3) is 5.91 Å². The average Bonchev–Trinajstić information content (AvgIpc) is 2.69. The standard InChI is InChI=1S/C19H25ClN2O3/c1-12-8-18(2,3)11-19(9-12)16(24)22(17(25)21-19)10-15(23)13-4-6-14(20)7-5-13/h4-7,12,15,23H,8-11H2,1-3H3,(H,21,25)/t12-,15+,19+/m1/s1. The number of carbonyl (C=O) groups is 2. The molecule has 2 N–H and O–H groups in total. The smallest absolute Gasteiger partial charge is 0.325 e. The van der Waals surface area contributed by atoms with E-state index in [9.17, 15) is 14.7 Å². The molecule has 0 unspecified atom stereocenters. The van der Waals surface area contributed by atoms with Crippen LogP contribution in [0.25, 0.3) is 0 Å². The van der Waals surface area contributed by atoms with Gasteiger partial charge in [-0.05, 0) is 48.3 Å². The van der Waals surface area contributed by atoms with Gasteiger partial charge in [0.15, 0.2) is 0 Å². The average molecular weight is 365 g/mol. The van der Waals surface area contributed by atoms with Gasteiger partial charge in [0.05, 0.1) is 12.6 Å². The lowest BCUT2D eigenvalue weighted by Crippen LogP contribution is -2.54. The van der Waals surface area contributed by atoms with Gasteiger partial charge in [0.2, 0.25) is 0 Å². The minimum Gasteiger partial charge on any atom is -0.387 e. The topological polar surface area (TPSA) is 69.6 Å². The van der Waals surface area contributed by atoms with Crippen LogP contribution in [0.5, 0.6) is 0 Å². The highest BCUT2D eigenvalue weighted by molar-refractivity contribution is 6.30. The van der Waals surface area contributed by atoms with E-state index in [1.807, 2.05) is 0 Å². The quantitative estimate of drug-likeness (QED) is 0.806. The molecule has 3 amide bonds. The van der Waals surface area contributed by atoms with Crippen molar-refractivity contribution < 1.29 is 14.7 Å². The van der Waals surface area contributed by atoms with Gasteiger partial charge in [-0.25, -0.2) is 4.79 Å². The van der Waals surface area contributed by atoms with Gasteiger partial charge in [-0.2, -0.15) is 0 Å². The predicted octanol–water partition coefficient (Wildman–Crippen LogP) is 3.51. The Hall–Kier alpha value is -1.59. The minimum atomic E-state index is -0.934. The highest BCUT2D eigenvalue weighted by Crippen LogP contribution is 2.46. The van der Waals surface area contributed by atoms with Crippen molar-refractivity contribution in [1.82, 2.24) is 10.2 Å². The molecule has 1 heterocycles. The Balaban J connectivity index is 1.78. The van der Waals surface area contributed by atoms with E-state index < -0.39 is 17.7 Å². The molecule has 2 fully saturated rings. The van der Waals surface area contributed by atoms with Gasteiger partial charge in [-0.1, -0.05) is 44.5 Å². The van der Waals surface area contributed by atoms with Crippen molar-refractivity contribution in [2.24, 2.45) is 11.3 Å². The Labute approximate surface area is 153 Å². The zero-order chi connectivity index (χ0) is 18.4. The van der Waals surface area contributed by atoms with Gasteiger partial charge >= 0.3 is 6.03 Å². The number of carbonyl (C=O) groups excluding carboxylic acids is 2. The summed E-state index contributed by atoms with van der Waals surface area (Å²) in [5.41, 5.74) is -0.216. The molecular formula is C19H25ClN2O3. The molecule has 3 atom stereocenters. The van der Waals surface area contributed by atoms with E-state index in [1.165, 1.54) is 0 Å². The largest absolute Gasteiger partial charge is 0.387 e. The number of benzene rings is 1. The highest BCUT2D eigenvalue weighted by atomic mass is 35.5. The Morgan fingerprint density at radius 1 is 1.28 bits per heavy atom. The Bertz CT molecular complexity index is 688. The second-order valence-corrected chi connectivity index (χ2v) is 8.79. The van der Waals surface area contributed by atoms with Gasteiger partial charge in [-0.3, -0.25) is 9.69 Å². The lowest BCUT2D eigenvalue weighted by atomic mass is 9.64. The summed E-state index contributed by atoms with van der Waals surface area (Å²) in [5.74, 6) is 0.138. The van der Waals surface area contributed by atoms with Crippen LogP contribution in [0.15, 0.2) is 24.3 Å². The Morgan fingerprint density at radius 3 is 2.52 bits per heavy atom. The van der Waals surface area contributed by atoms with Crippen molar-refractivity contribution in [2.75, 3.05) is 6.54 Å². The number of rotatable bonds is 3. The fourth-order valence-corrected chi connectivity index (χ4v) is 4.76. The summed E-state index contributed by atoms with van der Waals surface area (Å²) in [6, 6.07) is 6.35. The fraction of sp³-hybridized carbons (Fsp3) is 0.579. The number of hydrogen-bond donors (Lipinski definition) is 2. The molecule has 1 aliphatic heterocycles. The molecule has 0 aromatic heterocycles. The summed E-state index contributed by atoms with van der Waals surface area (Å²) in [7, 11) is 0. The molecule has 5 nitrogen and oxygen atoms in total. The third kappa shape index (κ3) is 3.53. The molecule has 3 rings (SSSR count). The van der Waals surface area contributed by atoms with Gasteiger partial charge in [-0.15, -0.1) is 0 Å². The lowest BCUT2D eigenvalue weighted by molar-refractivity contribution is -0.135. The molecule has 1 aromatic carbocycles. The number of aliphatic hydroxyl groups excluding tert-OH is 1. The molecule has 0 bridgehead atoms. The number of nitrogens with zero attached hydrogens (tertiary/aromatic N) is 1. The van der Waals surface area contributed by atoms with E-state index in [0.717, 1.165) is 11.3 Å². The first-order chi connectivity index (χ1) is 11.6. The molecule has 25 heavy (non-hydrogen) atoms. The first-order valence-corrected chi connectivity index (χ1v) is 9.07. The first kappa shape index (κ1) is 18.2. The zero-order valence-corrected chi connectivity index (χ0v) is 15.6. The Morgan fingerprint density at radius 2 is 1.92 bits per heavy atom. The van der Waals surface area contributed by atoms with Crippen LogP contribution in [0.1, 0.15) is 51.7 Å². The van der Waals surface area contributed by atoms with Crippen LogP contribution in [-0.2, 0) is 4.79 Å². The van der Waals surface area contributed by atoms with Crippen molar-refractivity contribution in [3.8, 4) is 0 Å². The molecule has 1 saturated heterocycles. The van der Waals surface area contributed by atoms with Crippen LogP contribution in [0, 0.1) is 11.3 Å². The molecule has 0 radical (unpaired) electrons.